The van der Waals surface area contributed by atoms with Gasteiger partial charge in [-0.2, -0.15) is 4.80 Å². The predicted molar refractivity (Wildman–Crippen MR) is 133 cm³/mol. The number of morpholine rings is 1. The van der Waals surface area contributed by atoms with Crippen LogP contribution < -0.4 is 5.32 Å². The highest BCUT2D eigenvalue weighted by molar-refractivity contribution is 5.88. The smallest absolute Gasteiger partial charge is 0.251 e. The van der Waals surface area contributed by atoms with Gasteiger partial charge in [-0.15, -0.1) is 10.2 Å². The first-order valence-electron chi connectivity index (χ1n) is 12.5. The van der Waals surface area contributed by atoms with E-state index in [1.165, 1.54) is 11.1 Å². The summed E-state index contributed by atoms with van der Waals surface area (Å²) >= 11 is 0. The van der Waals surface area contributed by atoms with Gasteiger partial charge in [0.15, 0.2) is 11.8 Å². The molecule has 3 aromatic rings. The molecule has 1 saturated heterocycles. The average molecular weight is 514 g/mol. The molecule has 1 aliphatic rings. The molecule has 4 heterocycles. The summed E-state index contributed by atoms with van der Waals surface area (Å²) in [4.78, 5) is 32.2. The molecule has 12 heteroatoms. The van der Waals surface area contributed by atoms with Crippen LogP contribution in [0.3, 0.4) is 0 Å². The normalized spacial score (nSPS) is 15.5. The molecule has 0 aliphatic carbocycles. The second-order valence-electron chi connectivity index (χ2n) is 10.1. The highest BCUT2D eigenvalue weighted by Gasteiger charge is 2.35. The van der Waals surface area contributed by atoms with E-state index in [0.717, 1.165) is 25.4 Å². The highest BCUT2D eigenvalue weighted by Crippen LogP contribution is 2.24. The van der Waals surface area contributed by atoms with Crippen molar-refractivity contribution in [2.75, 3.05) is 39.4 Å². The van der Waals surface area contributed by atoms with Gasteiger partial charge in [-0.25, -0.2) is 0 Å². The number of furan rings is 2. The van der Waals surface area contributed by atoms with E-state index in [2.05, 4.69) is 25.6 Å². The lowest BCUT2D eigenvalue weighted by Crippen LogP contribution is -2.50. The summed E-state index contributed by atoms with van der Waals surface area (Å²) in [5, 5.41) is 15.3. The molecule has 1 aliphatic heterocycles. The van der Waals surface area contributed by atoms with Gasteiger partial charge in [-0.1, -0.05) is 0 Å². The number of hydrogen-bond donors (Lipinski definition) is 1. The number of tetrazole rings is 1. The Kier molecular flexibility index (Phi) is 8.39. The number of amides is 2. The van der Waals surface area contributed by atoms with E-state index < -0.39 is 11.6 Å². The third kappa shape index (κ3) is 7.26. The van der Waals surface area contributed by atoms with Gasteiger partial charge in [0.2, 0.25) is 11.7 Å². The standard InChI is InChI=1S/C25H35N7O5/c1-18-8-9-20(37-18)23-27-29-32(28-23)17-21(33)31(11-6-10-30-12-15-35-16-13-30)22(19-7-5-14-36-19)24(34)26-25(2,3)4/h5,7-9,14,22H,6,10-13,15-17H2,1-4H3,(H,26,34)/t22-/m0/s1. The fourth-order valence-corrected chi connectivity index (χ4v) is 4.17. The number of nitrogens with zero attached hydrogens (tertiary/aromatic N) is 6. The Hall–Kier alpha value is -3.51. The van der Waals surface area contributed by atoms with Crippen LogP contribution in [0.15, 0.2) is 39.4 Å². The number of ether oxygens (including phenoxy) is 1. The summed E-state index contributed by atoms with van der Waals surface area (Å²) in [6, 6.07) is 6.03. The molecule has 4 rings (SSSR count). The van der Waals surface area contributed by atoms with Crippen molar-refractivity contribution in [3.63, 3.8) is 0 Å². The van der Waals surface area contributed by atoms with Gasteiger partial charge in [-0.05, 0) is 63.6 Å². The summed E-state index contributed by atoms with van der Waals surface area (Å²) in [5.74, 6) is 1.22. The van der Waals surface area contributed by atoms with Gasteiger partial charge in [0.25, 0.3) is 5.91 Å². The lowest BCUT2D eigenvalue weighted by molar-refractivity contribution is -0.143. The molecule has 0 spiro atoms. The maximum atomic E-state index is 13.7. The quantitative estimate of drug-likeness (QED) is 0.432. The average Bonchev–Trinajstić information content (AvgIpc) is 3.60. The van der Waals surface area contributed by atoms with Crippen molar-refractivity contribution >= 4 is 11.8 Å². The zero-order chi connectivity index (χ0) is 26.4. The lowest BCUT2D eigenvalue weighted by atomic mass is 10.1. The minimum atomic E-state index is -0.942. The molecule has 3 aromatic heterocycles. The molecule has 1 atom stereocenters. The Morgan fingerprint density at radius 3 is 2.62 bits per heavy atom. The topological polar surface area (TPSA) is 132 Å². The molecule has 0 saturated carbocycles. The van der Waals surface area contributed by atoms with Crippen LogP contribution in [0, 0.1) is 6.92 Å². The molecular formula is C25H35N7O5. The maximum Gasteiger partial charge on any atom is 0.251 e. The van der Waals surface area contributed by atoms with Crippen LogP contribution in [-0.4, -0.2) is 86.8 Å². The maximum absolute atomic E-state index is 13.7. The van der Waals surface area contributed by atoms with Crippen LogP contribution in [0.25, 0.3) is 11.6 Å². The fraction of sp³-hybridized carbons (Fsp3) is 0.560. The molecule has 1 fully saturated rings. The Morgan fingerprint density at radius 2 is 1.97 bits per heavy atom. The molecular weight excluding hydrogens is 478 g/mol. The van der Waals surface area contributed by atoms with Crippen LogP contribution in [0.4, 0.5) is 0 Å². The van der Waals surface area contributed by atoms with Crippen molar-refractivity contribution in [1.82, 2.24) is 35.3 Å². The van der Waals surface area contributed by atoms with Crippen molar-refractivity contribution < 1.29 is 23.2 Å². The fourth-order valence-electron chi connectivity index (χ4n) is 4.17. The molecule has 37 heavy (non-hydrogen) atoms. The van der Waals surface area contributed by atoms with Crippen molar-refractivity contribution in [3.8, 4) is 11.6 Å². The van der Waals surface area contributed by atoms with Crippen LogP contribution in [0.1, 0.15) is 44.8 Å². The SMILES string of the molecule is Cc1ccc(-c2nnn(CC(=O)N(CCCN3CCOCC3)[C@H](C(=O)NC(C)(C)C)c3ccco3)n2)o1. The van der Waals surface area contributed by atoms with Crippen molar-refractivity contribution in [3.05, 3.63) is 42.0 Å². The number of hydrogen-bond acceptors (Lipinski definition) is 9. The van der Waals surface area contributed by atoms with E-state index in [1.807, 2.05) is 27.7 Å². The first-order valence-corrected chi connectivity index (χ1v) is 12.5. The monoisotopic (exact) mass is 513 g/mol. The van der Waals surface area contributed by atoms with Gasteiger partial charge in [0.05, 0.1) is 19.5 Å². The highest BCUT2D eigenvalue weighted by atomic mass is 16.5. The third-order valence-electron chi connectivity index (χ3n) is 5.86. The minimum Gasteiger partial charge on any atom is -0.467 e. The second-order valence-corrected chi connectivity index (χ2v) is 10.1. The minimum absolute atomic E-state index is 0.190. The zero-order valence-corrected chi connectivity index (χ0v) is 21.8. The van der Waals surface area contributed by atoms with E-state index in [9.17, 15) is 9.59 Å². The number of carbonyl (C=O) groups is 2. The molecule has 12 nitrogen and oxygen atoms in total. The molecule has 200 valence electrons. The molecule has 0 bridgehead atoms. The first kappa shape index (κ1) is 26.6. The summed E-state index contributed by atoms with van der Waals surface area (Å²) in [6.07, 6.45) is 2.17. The summed E-state index contributed by atoms with van der Waals surface area (Å²) in [7, 11) is 0. The molecule has 0 unspecified atom stereocenters. The van der Waals surface area contributed by atoms with Crippen LogP contribution >= 0.6 is 0 Å². The van der Waals surface area contributed by atoms with E-state index in [-0.39, 0.29) is 24.2 Å². The number of nitrogens with one attached hydrogen (secondary N) is 1. The molecule has 0 radical (unpaired) electrons. The molecule has 2 amide bonds. The van der Waals surface area contributed by atoms with Crippen LogP contribution in [-0.2, 0) is 20.9 Å². The second kappa shape index (κ2) is 11.7. The van der Waals surface area contributed by atoms with Gasteiger partial charge in [-0.3, -0.25) is 14.5 Å². The number of aryl methyl sites for hydroxylation is 1. The lowest BCUT2D eigenvalue weighted by Gasteiger charge is -2.33. The Bertz CT molecular complexity index is 1160. The van der Waals surface area contributed by atoms with Crippen LogP contribution in [0.2, 0.25) is 0 Å². The van der Waals surface area contributed by atoms with Gasteiger partial charge in [0.1, 0.15) is 18.1 Å². The van der Waals surface area contributed by atoms with Crippen LogP contribution in [0.5, 0.6) is 0 Å². The number of carbonyl (C=O) groups excluding carboxylic acids is 2. The largest absolute Gasteiger partial charge is 0.467 e. The van der Waals surface area contributed by atoms with Gasteiger partial charge in [0, 0.05) is 31.7 Å². The van der Waals surface area contributed by atoms with Gasteiger partial charge < -0.3 is 23.8 Å². The summed E-state index contributed by atoms with van der Waals surface area (Å²) in [6.45, 7) is 11.5. The predicted octanol–water partition coefficient (Wildman–Crippen LogP) is 2.04. The zero-order valence-electron chi connectivity index (χ0n) is 21.8. The van der Waals surface area contributed by atoms with Crippen molar-refractivity contribution in [2.45, 2.75) is 52.2 Å². The van der Waals surface area contributed by atoms with Gasteiger partial charge >= 0.3 is 0 Å². The van der Waals surface area contributed by atoms with E-state index in [0.29, 0.717) is 37.7 Å². The first-order chi connectivity index (χ1) is 17.7. The van der Waals surface area contributed by atoms with Crippen molar-refractivity contribution in [2.24, 2.45) is 0 Å². The van der Waals surface area contributed by atoms with E-state index >= 15 is 0 Å². The Labute approximate surface area is 215 Å². The third-order valence-corrected chi connectivity index (χ3v) is 5.86. The Morgan fingerprint density at radius 1 is 1.19 bits per heavy atom. The number of aromatic nitrogens is 4. The van der Waals surface area contributed by atoms with E-state index in [1.54, 1.807) is 29.2 Å². The summed E-state index contributed by atoms with van der Waals surface area (Å²) < 4.78 is 16.6. The number of rotatable bonds is 10. The molecule has 1 N–H and O–H groups in total. The molecule has 0 aromatic carbocycles. The Balaban J connectivity index is 1.54. The van der Waals surface area contributed by atoms with Crippen molar-refractivity contribution in [1.29, 1.82) is 0 Å². The van der Waals surface area contributed by atoms with E-state index in [4.69, 9.17) is 13.6 Å². The summed E-state index contributed by atoms with van der Waals surface area (Å²) in [5.41, 5.74) is -0.492.